The van der Waals surface area contributed by atoms with E-state index in [1.165, 1.54) is 19.3 Å². The molecule has 0 aromatic rings. The summed E-state index contributed by atoms with van der Waals surface area (Å²) in [4.78, 5) is 12.6. The molecule has 0 aromatic heterocycles. The van der Waals surface area contributed by atoms with E-state index in [2.05, 4.69) is 19.0 Å². The van der Waals surface area contributed by atoms with Gasteiger partial charge in [-0.05, 0) is 68.1 Å². The van der Waals surface area contributed by atoms with Crippen LogP contribution in [-0.4, -0.2) is 34.2 Å². The van der Waals surface area contributed by atoms with E-state index < -0.39 is 0 Å². The Kier molecular flexibility index (Phi) is 4.92. The van der Waals surface area contributed by atoms with Gasteiger partial charge in [0.25, 0.3) is 0 Å². The molecular weight excluding hydrogens is 344 g/mol. The molecule has 1 unspecified atom stereocenters. The first-order chi connectivity index (χ1) is 12.4. The number of hydrogen-bond acceptors (Lipinski definition) is 5. The first-order valence-electron chi connectivity index (χ1n) is 10.5. The number of nitrogens with two attached hydrogens (primary N) is 1. The molecule has 5 heteroatoms. The van der Waals surface area contributed by atoms with Crippen LogP contribution in [0.2, 0.25) is 0 Å². The predicted octanol–water partition coefficient (Wildman–Crippen LogP) is 4.10. The molecule has 4 aliphatic carbocycles. The van der Waals surface area contributed by atoms with E-state index in [4.69, 9.17) is 5.73 Å². The van der Waals surface area contributed by atoms with Crippen molar-refractivity contribution in [1.82, 2.24) is 0 Å². The zero-order chi connectivity index (χ0) is 18.5. The van der Waals surface area contributed by atoms with Crippen LogP contribution in [0, 0.1) is 34.5 Å². The lowest BCUT2D eigenvalue weighted by Crippen LogP contribution is -2.56. The fraction of sp³-hybridized carbons (Fsp3) is 0.905. The van der Waals surface area contributed by atoms with Crippen molar-refractivity contribution in [1.29, 1.82) is 0 Å². The third-order valence-electron chi connectivity index (χ3n) is 8.74. The van der Waals surface area contributed by atoms with Gasteiger partial charge in [-0.1, -0.05) is 19.0 Å². The fourth-order valence-electron chi connectivity index (χ4n) is 7.30. The second-order valence-corrected chi connectivity index (χ2v) is 11.1. The molecule has 0 aromatic carbocycles. The Morgan fingerprint density at radius 3 is 2.77 bits per heavy atom. The van der Waals surface area contributed by atoms with E-state index in [0.29, 0.717) is 34.7 Å². The molecule has 4 fully saturated rings. The van der Waals surface area contributed by atoms with Crippen LogP contribution < -0.4 is 5.73 Å². The van der Waals surface area contributed by atoms with Crippen LogP contribution in [0.15, 0.2) is 5.16 Å². The topological polar surface area (TPSA) is 75.7 Å². The quantitative estimate of drug-likeness (QED) is 0.573. The van der Waals surface area contributed by atoms with Crippen molar-refractivity contribution in [2.75, 3.05) is 12.3 Å². The highest BCUT2D eigenvalue weighted by Gasteiger charge is 2.61. The largest absolute Gasteiger partial charge is 0.411 e. The van der Waals surface area contributed by atoms with Gasteiger partial charge in [0.2, 0.25) is 0 Å². The minimum atomic E-state index is -0.112. The molecule has 0 aliphatic heterocycles. The highest BCUT2D eigenvalue weighted by atomic mass is 32.2. The second-order valence-electron chi connectivity index (χ2n) is 9.70. The predicted molar refractivity (Wildman–Crippen MR) is 107 cm³/mol. The van der Waals surface area contributed by atoms with Gasteiger partial charge in [-0.2, -0.15) is 11.8 Å². The van der Waals surface area contributed by atoms with Gasteiger partial charge < -0.3 is 10.9 Å². The number of carbonyl (C=O) groups excluding carboxylic acids is 1. The maximum Gasteiger partial charge on any atom is 0.139 e. The summed E-state index contributed by atoms with van der Waals surface area (Å²) < 4.78 is 0. The summed E-state index contributed by atoms with van der Waals surface area (Å²) in [7, 11) is 0. The van der Waals surface area contributed by atoms with Crippen LogP contribution >= 0.6 is 11.8 Å². The Labute approximate surface area is 161 Å². The van der Waals surface area contributed by atoms with Gasteiger partial charge in [-0.15, -0.1) is 0 Å². The normalized spacial score (nSPS) is 49.6. The molecule has 146 valence electrons. The molecule has 0 bridgehead atoms. The Morgan fingerprint density at radius 2 is 2.04 bits per heavy atom. The Bertz CT molecular complexity index is 609. The maximum absolute atomic E-state index is 12.6. The van der Waals surface area contributed by atoms with Gasteiger partial charge in [-0.25, -0.2) is 0 Å². The average Bonchev–Trinajstić information content (AvgIpc) is 2.94. The van der Waals surface area contributed by atoms with E-state index in [-0.39, 0.29) is 10.8 Å². The maximum atomic E-state index is 12.6. The lowest BCUT2D eigenvalue weighted by atomic mass is 9.45. The first-order valence-corrected chi connectivity index (χ1v) is 11.5. The van der Waals surface area contributed by atoms with Crippen molar-refractivity contribution in [3.8, 4) is 0 Å². The third kappa shape index (κ3) is 2.68. The van der Waals surface area contributed by atoms with Gasteiger partial charge in [0.05, 0.1) is 5.71 Å². The number of oxime groups is 1. The molecule has 0 amide bonds. The van der Waals surface area contributed by atoms with Crippen molar-refractivity contribution < 1.29 is 10.0 Å². The lowest BCUT2D eigenvalue weighted by Gasteiger charge is -2.60. The van der Waals surface area contributed by atoms with E-state index in [0.717, 1.165) is 50.1 Å². The molecule has 0 radical (unpaired) electrons. The Morgan fingerprint density at radius 1 is 1.23 bits per heavy atom. The lowest BCUT2D eigenvalue weighted by molar-refractivity contribution is -0.133. The molecule has 4 nitrogen and oxygen atoms in total. The SMILES string of the molecule is C[C@]12CCC(SCCN)C[C@@H]1/C(=N/O)C[C@@H]1[C@@H]2CC[C@]2(C)C(=O)CC[C@@H]12. The van der Waals surface area contributed by atoms with E-state index >= 15 is 0 Å². The number of ketones is 1. The fourth-order valence-corrected chi connectivity index (χ4v) is 8.38. The Balaban J connectivity index is 1.61. The molecule has 0 spiro atoms. The summed E-state index contributed by atoms with van der Waals surface area (Å²) in [6.07, 6.45) is 8.55. The van der Waals surface area contributed by atoms with Gasteiger partial charge in [0.1, 0.15) is 5.78 Å². The molecule has 3 N–H and O–H groups in total. The summed E-state index contributed by atoms with van der Waals surface area (Å²) in [5, 5.41) is 14.3. The summed E-state index contributed by atoms with van der Waals surface area (Å²) in [6.45, 7) is 5.42. The minimum absolute atomic E-state index is 0.112. The van der Waals surface area contributed by atoms with Crippen LogP contribution in [0.1, 0.15) is 65.2 Å². The van der Waals surface area contributed by atoms with Crippen molar-refractivity contribution >= 4 is 23.3 Å². The van der Waals surface area contributed by atoms with E-state index in [1.807, 2.05) is 11.8 Å². The molecule has 4 saturated carbocycles. The average molecular weight is 379 g/mol. The van der Waals surface area contributed by atoms with Crippen LogP contribution in [0.5, 0.6) is 0 Å². The zero-order valence-electron chi connectivity index (χ0n) is 16.2. The summed E-state index contributed by atoms with van der Waals surface area (Å²) in [5.74, 6) is 3.61. The summed E-state index contributed by atoms with van der Waals surface area (Å²) in [5.41, 5.74) is 6.85. The zero-order valence-corrected chi connectivity index (χ0v) is 17.1. The second kappa shape index (κ2) is 6.80. The van der Waals surface area contributed by atoms with Gasteiger partial charge in [-0.3, -0.25) is 4.79 Å². The van der Waals surface area contributed by atoms with Crippen LogP contribution in [0.25, 0.3) is 0 Å². The molecule has 4 rings (SSSR count). The van der Waals surface area contributed by atoms with Crippen LogP contribution in [0.3, 0.4) is 0 Å². The molecule has 4 aliphatic rings. The van der Waals surface area contributed by atoms with Crippen LogP contribution in [-0.2, 0) is 4.79 Å². The number of hydrogen-bond donors (Lipinski definition) is 2. The summed E-state index contributed by atoms with van der Waals surface area (Å²) >= 11 is 2.00. The van der Waals surface area contributed by atoms with Gasteiger partial charge in [0, 0.05) is 35.3 Å². The molecule has 0 saturated heterocycles. The first kappa shape index (κ1) is 18.8. The number of carbonyl (C=O) groups is 1. The number of thioether (sulfide) groups is 1. The third-order valence-corrected chi connectivity index (χ3v) is 10.1. The van der Waals surface area contributed by atoms with Crippen molar-refractivity contribution in [2.24, 2.45) is 45.4 Å². The van der Waals surface area contributed by atoms with Gasteiger partial charge in [0.15, 0.2) is 0 Å². The monoisotopic (exact) mass is 378 g/mol. The van der Waals surface area contributed by atoms with Crippen molar-refractivity contribution in [3.05, 3.63) is 0 Å². The molecule has 26 heavy (non-hydrogen) atoms. The molecule has 7 atom stereocenters. The highest BCUT2D eigenvalue weighted by Crippen LogP contribution is 2.65. The number of Topliss-reactive ketones (excluding diaryl/α,β-unsaturated/α-hetero) is 1. The standard InChI is InChI=1S/C21H34N2O2S/c1-20-7-5-13(26-10-9-22)11-17(20)18(23-25)12-14-15-3-4-19(24)21(15,2)8-6-16(14)20/h13-17,25H,3-12,22H2,1-2H3/b23-18+/t13?,14-,15-,16-,17+,20+,21-/m0/s1. The van der Waals surface area contributed by atoms with Gasteiger partial charge >= 0.3 is 0 Å². The van der Waals surface area contributed by atoms with E-state index in [1.54, 1.807) is 0 Å². The smallest absolute Gasteiger partial charge is 0.139 e. The highest BCUT2D eigenvalue weighted by molar-refractivity contribution is 7.99. The van der Waals surface area contributed by atoms with Crippen molar-refractivity contribution in [2.45, 2.75) is 70.5 Å². The van der Waals surface area contributed by atoms with Crippen LogP contribution in [0.4, 0.5) is 0 Å². The number of fused-ring (bicyclic) bond motifs is 5. The summed E-state index contributed by atoms with van der Waals surface area (Å²) in [6, 6.07) is 0. The van der Waals surface area contributed by atoms with E-state index in [9.17, 15) is 10.0 Å². The van der Waals surface area contributed by atoms with Crippen molar-refractivity contribution in [3.63, 3.8) is 0 Å². The minimum Gasteiger partial charge on any atom is -0.411 e. The number of rotatable bonds is 3. The molecular formula is C21H34N2O2S. The number of nitrogens with zero attached hydrogens (tertiary/aromatic N) is 1. The Hall–Kier alpha value is -0.550. The molecule has 0 heterocycles.